The Morgan fingerprint density at radius 2 is 1.57 bits per heavy atom. The van der Waals surface area contributed by atoms with Gasteiger partial charge in [-0.2, -0.15) is 0 Å². The monoisotopic (exact) mass is 114 g/mol. The molecule has 0 aliphatic carbocycles. The lowest BCUT2D eigenvalue weighted by Crippen LogP contribution is -1.86. The molecule has 1 aliphatic rings. The Hall–Kier alpha value is 0.0900. The predicted molar refractivity (Wildman–Crippen MR) is 35.7 cm³/mol. The van der Waals surface area contributed by atoms with Crippen molar-refractivity contribution in [3.05, 3.63) is 12.2 Å². The van der Waals surface area contributed by atoms with E-state index in [1.165, 1.54) is 0 Å². The number of rotatable bonds is 0. The van der Waals surface area contributed by atoms with Crippen molar-refractivity contribution in [3.8, 4) is 0 Å². The Morgan fingerprint density at radius 3 is 1.71 bits per heavy atom. The average molecular weight is 114 g/mol. The van der Waals surface area contributed by atoms with E-state index in [4.69, 9.17) is 0 Å². The van der Waals surface area contributed by atoms with Gasteiger partial charge in [-0.1, -0.05) is 12.2 Å². The maximum Gasteiger partial charge on any atom is 0.0204 e. The largest absolute Gasteiger partial charge is 0.147 e. The minimum atomic E-state index is 0.759. The summed E-state index contributed by atoms with van der Waals surface area (Å²) >= 11 is 2.01. The van der Waals surface area contributed by atoms with E-state index in [0.29, 0.717) is 0 Å². The predicted octanol–water partition coefficient (Wildman–Crippen LogP) is 2.07. The van der Waals surface area contributed by atoms with Gasteiger partial charge in [0.1, 0.15) is 0 Å². The Balaban J connectivity index is 2.42. The highest BCUT2D eigenvalue weighted by Gasteiger charge is 2.08. The van der Waals surface area contributed by atoms with Crippen molar-refractivity contribution in [2.75, 3.05) is 0 Å². The van der Waals surface area contributed by atoms with Crippen molar-refractivity contribution >= 4 is 11.8 Å². The van der Waals surface area contributed by atoms with Gasteiger partial charge < -0.3 is 0 Å². The lowest BCUT2D eigenvalue weighted by Gasteiger charge is -1.97. The summed E-state index contributed by atoms with van der Waals surface area (Å²) in [5.41, 5.74) is 0. The van der Waals surface area contributed by atoms with Crippen LogP contribution >= 0.6 is 11.8 Å². The van der Waals surface area contributed by atoms with Gasteiger partial charge >= 0.3 is 0 Å². The summed E-state index contributed by atoms with van der Waals surface area (Å²) in [5, 5.41) is 1.52. The first-order chi connectivity index (χ1) is 3.29. The minimum absolute atomic E-state index is 0.759. The molecule has 1 heterocycles. The highest BCUT2D eigenvalue weighted by Crippen LogP contribution is 2.25. The van der Waals surface area contributed by atoms with Crippen LogP contribution in [-0.2, 0) is 0 Å². The fourth-order valence-corrected chi connectivity index (χ4v) is 1.78. The first kappa shape index (κ1) is 5.23. The molecule has 40 valence electrons. The Kier molecular flexibility index (Phi) is 1.43. The second-order valence-electron chi connectivity index (χ2n) is 1.93. The van der Waals surface area contributed by atoms with E-state index in [0.717, 1.165) is 10.5 Å². The SMILES string of the molecule is CC1C=CC(C)S1. The third-order valence-electron chi connectivity index (χ3n) is 1.08. The molecular weight excluding hydrogens is 104 g/mol. The van der Waals surface area contributed by atoms with Crippen LogP contribution in [0.15, 0.2) is 12.2 Å². The maximum atomic E-state index is 2.26. The van der Waals surface area contributed by atoms with Gasteiger partial charge in [-0.25, -0.2) is 0 Å². The number of thioether (sulfide) groups is 1. The molecule has 1 aliphatic heterocycles. The molecule has 0 saturated heterocycles. The summed E-state index contributed by atoms with van der Waals surface area (Å²) in [5.74, 6) is 0. The third kappa shape index (κ3) is 1.23. The molecule has 0 nitrogen and oxygen atoms in total. The van der Waals surface area contributed by atoms with Gasteiger partial charge in [0.15, 0.2) is 0 Å². The Bertz CT molecular complexity index is 76.2. The van der Waals surface area contributed by atoms with Crippen LogP contribution in [-0.4, -0.2) is 10.5 Å². The molecule has 0 amide bonds. The van der Waals surface area contributed by atoms with E-state index < -0.39 is 0 Å². The molecule has 0 N–H and O–H groups in total. The lowest BCUT2D eigenvalue weighted by molar-refractivity contribution is 1.27. The Labute approximate surface area is 49.0 Å². The van der Waals surface area contributed by atoms with Gasteiger partial charge in [0, 0.05) is 10.5 Å². The topological polar surface area (TPSA) is 0 Å². The van der Waals surface area contributed by atoms with Gasteiger partial charge in [0.2, 0.25) is 0 Å². The second kappa shape index (κ2) is 1.91. The standard InChI is InChI=1S/C6H10S/c1-5-3-4-6(2)7-5/h3-6H,1-2H3. The highest BCUT2D eigenvalue weighted by atomic mass is 32.2. The molecule has 0 aromatic heterocycles. The van der Waals surface area contributed by atoms with Crippen LogP contribution in [0.3, 0.4) is 0 Å². The molecule has 2 unspecified atom stereocenters. The molecule has 0 spiro atoms. The van der Waals surface area contributed by atoms with Gasteiger partial charge in [0.25, 0.3) is 0 Å². The van der Waals surface area contributed by atoms with Gasteiger partial charge in [-0.3, -0.25) is 0 Å². The summed E-state index contributed by atoms with van der Waals surface area (Å²) < 4.78 is 0. The molecule has 0 aromatic rings. The van der Waals surface area contributed by atoms with Gasteiger partial charge in [-0.15, -0.1) is 11.8 Å². The van der Waals surface area contributed by atoms with Crippen molar-refractivity contribution in [1.82, 2.24) is 0 Å². The van der Waals surface area contributed by atoms with E-state index in [2.05, 4.69) is 26.0 Å². The van der Waals surface area contributed by atoms with Crippen molar-refractivity contribution < 1.29 is 0 Å². The highest BCUT2D eigenvalue weighted by molar-refractivity contribution is 8.01. The normalized spacial score (nSPS) is 39.7. The summed E-state index contributed by atoms with van der Waals surface area (Å²) in [4.78, 5) is 0. The number of hydrogen-bond acceptors (Lipinski definition) is 1. The summed E-state index contributed by atoms with van der Waals surface area (Å²) in [6.07, 6.45) is 4.52. The van der Waals surface area contributed by atoms with Gasteiger partial charge in [0.05, 0.1) is 0 Å². The van der Waals surface area contributed by atoms with Crippen LogP contribution < -0.4 is 0 Å². The second-order valence-corrected chi connectivity index (χ2v) is 3.69. The van der Waals surface area contributed by atoms with Gasteiger partial charge in [-0.05, 0) is 13.8 Å². The minimum Gasteiger partial charge on any atom is -0.147 e. The van der Waals surface area contributed by atoms with E-state index >= 15 is 0 Å². The number of hydrogen-bond donors (Lipinski definition) is 0. The fourth-order valence-electron chi connectivity index (χ4n) is 0.742. The molecular formula is C6H10S. The smallest absolute Gasteiger partial charge is 0.0204 e. The quantitative estimate of drug-likeness (QED) is 0.434. The van der Waals surface area contributed by atoms with Crippen molar-refractivity contribution in [1.29, 1.82) is 0 Å². The van der Waals surface area contributed by atoms with E-state index in [1.807, 2.05) is 11.8 Å². The van der Waals surface area contributed by atoms with Crippen LogP contribution in [0, 0.1) is 0 Å². The molecule has 0 aromatic carbocycles. The van der Waals surface area contributed by atoms with Crippen LogP contribution in [0.4, 0.5) is 0 Å². The first-order valence-electron chi connectivity index (χ1n) is 2.63. The van der Waals surface area contributed by atoms with Crippen LogP contribution in [0.25, 0.3) is 0 Å². The van der Waals surface area contributed by atoms with Crippen molar-refractivity contribution in [2.45, 2.75) is 24.3 Å². The van der Waals surface area contributed by atoms with E-state index in [1.54, 1.807) is 0 Å². The summed E-state index contributed by atoms with van der Waals surface area (Å²) in [6.45, 7) is 4.45. The zero-order valence-electron chi connectivity index (χ0n) is 4.72. The molecule has 7 heavy (non-hydrogen) atoms. The van der Waals surface area contributed by atoms with E-state index in [-0.39, 0.29) is 0 Å². The molecule has 1 rings (SSSR count). The summed E-state index contributed by atoms with van der Waals surface area (Å²) in [7, 11) is 0. The van der Waals surface area contributed by atoms with E-state index in [9.17, 15) is 0 Å². The average Bonchev–Trinajstić information content (AvgIpc) is 1.87. The zero-order valence-corrected chi connectivity index (χ0v) is 5.53. The zero-order chi connectivity index (χ0) is 5.28. The first-order valence-corrected chi connectivity index (χ1v) is 3.57. The third-order valence-corrected chi connectivity index (χ3v) is 2.26. The molecule has 0 bridgehead atoms. The molecule has 0 radical (unpaired) electrons. The van der Waals surface area contributed by atoms with Crippen molar-refractivity contribution in [2.24, 2.45) is 0 Å². The Morgan fingerprint density at radius 1 is 1.14 bits per heavy atom. The summed E-state index contributed by atoms with van der Waals surface area (Å²) in [6, 6.07) is 0. The van der Waals surface area contributed by atoms with Crippen molar-refractivity contribution in [3.63, 3.8) is 0 Å². The lowest BCUT2D eigenvalue weighted by atomic mass is 10.4. The molecule has 1 heteroatoms. The molecule has 0 fully saturated rings. The maximum absolute atomic E-state index is 2.26. The fraction of sp³-hybridized carbons (Fsp3) is 0.667. The molecule has 2 atom stereocenters. The molecule has 0 saturated carbocycles. The van der Waals surface area contributed by atoms with Crippen LogP contribution in [0.2, 0.25) is 0 Å². The van der Waals surface area contributed by atoms with Crippen LogP contribution in [0.5, 0.6) is 0 Å². The van der Waals surface area contributed by atoms with Crippen LogP contribution in [0.1, 0.15) is 13.8 Å².